The Morgan fingerprint density at radius 2 is 1.93 bits per heavy atom. The molecule has 1 rings (SSSR count). The molecule has 0 radical (unpaired) electrons. The van der Waals surface area contributed by atoms with Crippen molar-refractivity contribution in [1.82, 2.24) is 0 Å². The molecule has 0 aliphatic rings. The SMILES string of the molecule is CCCCOc1cc(CO)cc(OC)c1. The Kier molecular flexibility index (Phi) is 4.98. The first kappa shape index (κ1) is 11.9. The minimum Gasteiger partial charge on any atom is -0.497 e. The standard InChI is InChI=1S/C12H18O3/c1-3-4-5-15-12-7-10(9-13)6-11(8-12)14-2/h6-8,13H,3-5,9H2,1-2H3. The van der Waals surface area contributed by atoms with E-state index in [9.17, 15) is 0 Å². The number of hydrogen-bond donors (Lipinski definition) is 1. The molecule has 3 nitrogen and oxygen atoms in total. The Hall–Kier alpha value is -1.22. The van der Waals surface area contributed by atoms with Crippen LogP contribution in [0.25, 0.3) is 0 Å². The molecule has 0 spiro atoms. The topological polar surface area (TPSA) is 38.7 Å². The number of hydrogen-bond acceptors (Lipinski definition) is 3. The van der Waals surface area contributed by atoms with E-state index in [1.165, 1.54) is 0 Å². The van der Waals surface area contributed by atoms with Gasteiger partial charge in [0.05, 0.1) is 20.3 Å². The van der Waals surface area contributed by atoms with Gasteiger partial charge in [-0.15, -0.1) is 0 Å². The first-order valence-electron chi connectivity index (χ1n) is 5.21. The maximum absolute atomic E-state index is 9.04. The minimum absolute atomic E-state index is 0.00133. The summed E-state index contributed by atoms with van der Waals surface area (Å²) in [5.41, 5.74) is 0.806. The molecule has 1 aromatic rings. The molecule has 0 amide bonds. The van der Waals surface area contributed by atoms with Crippen LogP contribution in [0.5, 0.6) is 11.5 Å². The number of methoxy groups -OCH3 is 1. The molecule has 0 bridgehead atoms. The molecular weight excluding hydrogens is 192 g/mol. The molecule has 0 saturated heterocycles. The zero-order valence-corrected chi connectivity index (χ0v) is 9.32. The van der Waals surface area contributed by atoms with Gasteiger partial charge in [0.25, 0.3) is 0 Å². The van der Waals surface area contributed by atoms with Crippen molar-refractivity contribution in [2.45, 2.75) is 26.4 Å². The number of rotatable bonds is 6. The molecule has 84 valence electrons. The van der Waals surface area contributed by atoms with Crippen LogP contribution >= 0.6 is 0 Å². The van der Waals surface area contributed by atoms with Crippen LogP contribution in [0.4, 0.5) is 0 Å². The van der Waals surface area contributed by atoms with Crippen LogP contribution in [-0.4, -0.2) is 18.8 Å². The molecule has 0 aliphatic heterocycles. The van der Waals surface area contributed by atoms with Crippen molar-refractivity contribution in [2.75, 3.05) is 13.7 Å². The van der Waals surface area contributed by atoms with E-state index in [-0.39, 0.29) is 6.61 Å². The molecule has 1 aromatic carbocycles. The fraction of sp³-hybridized carbons (Fsp3) is 0.500. The van der Waals surface area contributed by atoms with Gasteiger partial charge < -0.3 is 14.6 Å². The Morgan fingerprint density at radius 1 is 1.20 bits per heavy atom. The summed E-state index contributed by atoms with van der Waals surface area (Å²) >= 11 is 0. The summed E-state index contributed by atoms with van der Waals surface area (Å²) in [6.07, 6.45) is 2.14. The Labute approximate surface area is 90.6 Å². The third kappa shape index (κ3) is 3.80. The van der Waals surface area contributed by atoms with E-state index in [2.05, 4.69) is 6.92 Å². The maximum Gasteiger partial charge on any atom is 0.123 e. The van der Waals surface area contributed by atoms with E-state index in [1.807, 2.05) is 12.1 Å². The van der Waals surface area contributed by atoms with Gasteiger partial charge >= 0.3 is 0 Å². The zero-order valence-electron chi connectivity index (χ0n) is 9.32. The lowest BCUT2D eigenvalue weighted by Crippen LogP contribution is -1.98. The highest BCUT2D eigenvalue weighted by molar-refractivity contribution is 5.38. The number of aliphatic hydroxyl groups excluding tert-OH is 1. The van der Waals surface area contributed by atoms with E-state index in [0.29, 0.717) is 12.4 Å². The second-order valence-electron chi connectivity index (χ2n) is 3.38. The molecule has 0 atom stereocenters. The average Bonchev–Trinajstić information content (AvgIpc) is 2.29. The van der Waals surface area contributed by atoms with Crippen LogP contribution in [0.1, 0.15) is 25.3 Å². The minimum atomic E-state index is 0.00133. The summed E-state index contributed by atoms with van der Waals surface area (Å²) in [5.74, 6) is 1.47. The van der Waals surface area contributed by atoms with Gasteiger partial charge in [0.1, 0.15) is 11.5 Å². The van der Waals surface area contributed by atoms with Gasteiger partial charge in [-0.1, -0.05) is 13.3 Å². The summed E-state index contributed by atoms with van der Waals surface area (Å²) < 4.78 is 10.7. The highest BCUT2D eigenvalue weighted by Crippen LogP contribution is 2.22. The molecule has 0 saturated carbocycles. The van der Waals surface area contributed by atoms with Gasteiger partial charge in [0, 0.05) is 6.07 Å². The van der Waals surface area contributed by atoms with Crippen molar-refractivity contribution < 1.29 is 14.6 Å². The van der Waals surface area contributed by atoms with Crippen molar-refractivity contribution in [2.24, 2.45) is 0 Å². The quantitative estimate of drug-likeness (QED) is 0.732. The third-order valence-corrected chi connectivity index (χ3v) is 2.12. The Morgan fingerprint density at radius 3 is 2.53 bits per heavy atom. The van der Waals surface area contributed by atoms with Crippen LogP contribution in [0.3, 0.4) is 0 Å². The molecule has 0 fully saturated rings. The Balaban J connectivity index is 2.68. The lowest BCUT2D eigenvalue weighted by Gasteiger charge is -2.09. The maximum atomic E-state index is 9.04. The number of aliphatic hydroxyl groups is 1. The summed E-state index contributed by atoms with van der Waals surface area (Å²) in [6, 6.07) is 5.46. The summed E-state index contributed by atoms with van der Waals surface area (Å²) in [6.45, 7) is 2.82. The summed E-state index contributed by atoms with van der Waals surface area (Å²) in [5, 5.41) is 9.04. The molecule has 3 heteroatoms. The lowest BCUT2D eigenvalue weighted by atomic mass is 10.2. The van der Waals surface area contributed by atoms with E-state index in [4.69, 9.17) is 14.6 Å². The molecule has 1 N–H and O–H groups in total. The number of unbranched alkanes of at least 4 members (excludes halogenated alkanes) is 1. The van der Waals surface area contributed by atoms with Crippen molar-refractivity contribution in [3.8, 4) is 11.5 Å². The smallest absolute Gasteiger partial charge is 0.123 e. The summed E-state index contributed by atoms with van der Waals surface area (Å²) in [7, 11) is 1.60. The summed E-state index contributed by atoms with van der Waals surface area (Å²) in [4.78, 5) is 0. The Bertz CT molecular complexity index is 275. The van der Waals surface area contributed by atoms with Crippen LogP contribution in [0.2, 0.25) is 0 Å². The van der Waals surface area contributed by atoms with Crippen molar-refractivity contribution in [3.63, 3.8) is 0 Å². The van der Waals surface area contributed by atoms with Gasteiger partial charge in [-0.25, -0.2) is 0 Å². The molecule has 0 aromatic heterocycles. The molecule has 15 heavy (non-hydrogen) atoms. The van der Waals surface area contributed by atoms with Crippen molar-refractivity contribution in [1.29, 1.82) is 0 Å². The first-order valence-corrected chi connectivity index (χ1v) is 5.21. The third-order valence-electron chi connectivity index (χ3n) is 2.12. The van der Waals surface area contributed by atoms with Gasteiger partial charge in [0.15, 0.2) is 0 Å². The van der Waals surface area contributed by atoms with Crippen LogP contribution in [0, 0.1) is 0 Å². The van der Waals surface area contributed by atoms with Gasteiger partial charge in [0.2, 0.25) is 0 Å². The largest absolute Gasteiger partial charge is 0.497 e. The van der Waals surface area contributed by atoms with Crippen molar-refractivity contribution in [3.05, 3.63) is 23.8 Å². The van der Waals surface area contributed by atoms with Gasteiger partial charge in [-0.05, 0) is 24.1 Å². The monoisotopic (exact) mass is 210 g/mol. The van der Waals surface area contributed by atoms with Crippen LogP contribution in [0.15, 0.2) is 18.2 Å². The van der Waals surface area contributed by atoms with Crippen LogP contribution < -0.4 is 9.47 Å². The van der Waals surface area contributed by atoms with Gasteiger partial charge in [-0.2, -0.15) is 0 Å². The second kappa shape index (κ2) is 6.30. The first-order chi connectivity index (χ1) is 7.30. The normalized spacial score (nSPS) is 10.1. The van der Waals surface area contributed by atoms with Crippen molar-refractivity contribution >= 4 is 0 Å². The van der Waals surface area contributed by atoms with E-state index < -0.39 is 0 Å². The molecule has 0 aliphatic carbocycles. The highest BCUT2D eigenvalue weighted by atomic mass is 16.5. The molecule has 0 unspecified atom stereocenters. The highest BCUT2D eigenvalue weighted by Gasteiger charge is 2.01. The predicted octanol–water partition coefficient (Wildman–Crippen LogP) is 2.37. The number of ether oxygens (including phenoxy) is 2. The lowest BCUT2D eigenvalue weighted by molar-refractivity contribution is 0.277. The van der Waals surface area contributed by atoms with E-state index in [1.54, 1.807) is 13.2 Å². The van der Waals surface area contributed by atoms with E-state index >= 15 is 0 Å². The second-order valence-corrected chi connectivity index (χ2v) is 3.38. The van der Waals surface area contributed by atoms with Gasteiger partial charge in [-0.3, -0.25) is 0 Å². The van der Waals surface area contributed by atoms with E-state index in [0.717, 1.165) is 24.2 Å². The molecule has 0 heterocycles. The average molecular weight is 210 g/mol. The fourth-order valence-electron chi connectivity index (χ4n) is 1.26. The zero-order chi connectivity index (χ0) is 11.1. The number of benzene rings is 1. The fourth-order valence-corrected chi connectivity index (χ4v) is 1.26. The van der Waals surface area contributed by atoms with Crippen LogP contribution in [-0.2, 0) is 6.61 Å². The predicted molar refractivity (Wildman–Crippen MR) is 59.3 cm³/mol. The molecular formula is C12H18O3.